The van der Waals surface area contributed by atoms with Gasteiger partial charge in [0.15, 0.2) is 0 Å². The number of hydrogen-bond donors (Lipinski definition) is 2. The number of nitrogens with two attached hydrogens (primary N) is 1. The lowest BCUT2D eigenvalue weighted by atomic mass is 10.1. The van der Waals surface area contributed by atoms with Crippen molar-refractivity contribution in [3.8, 4) is 0 Å². The van der Waals surface area contributed by atoms with Gasteiger partial charge in [-0.15, -0.1) is 12.4 Å². The summed E-state index contributed by atoms with van der Waals surface area (Å²) in [6.07, 6.45) is 0.899. The molecule has 1 amide bonds. The van der Waals surface area contributed by atoms with Gasteiger partial charge in [-0.05, 0) is 13.8 Å². The molecule has 12 heavy (non-hydrogen) atoms. The molecule has 0 unspecified atom stereocenters. The molecule has 0 aliphatic heterocycles. The van der Waals surface area contributed by atoms with E-state index in [9.17, 15) is 13.2 Å². The molecule has 0 aromatic carbocycles. The molecule has 0 saturated heterocycles. The molecule has 5 nitrogen and oxygen atoms in total. The summed E-state index contributed by atoms with van der Waals surface area (Å²) in [5.74, 6) is -0.708. The van der Waals surface area contributed by atoms with Crippen molar-refractivity contribution in [1.82, 2.24) is 4.72 Å². The molecule has 0 heterocycles. The van der Waals surface area contributed by atoms with Crippen LogP contribution in [0, 0.1) is 0 Å². The molecule has 0 aliphatic rings. The Hall–Kier alpha value is -0.330. The average molecular weight is 217 g/mol. The predicted octanol–water partition coefficient (Wildman–Crippen LogP) is -0.779. The number of amides is 1. The summed E-state index contributed by atoms with van der Waals surface area (Å²) >= 11 is 0. The van der Waals surface area contributed by atoms with E-state index < -0.39 is 21.5 Å². The van der Waals surface area contributed by atoms with E-state index in [4.69, 9.17) is 5.73 Å². The van der Waals surface area contributed by atoms with Crippen molar-refractivity contribution in [1.29, 1.82) is 0 Å². The normalized spacial score (nSPS) is 11.7. The van der Waals surface area contributed by atoms with Crippen LogP contribution >= 0.6 is 12.4 Å². The van der Waals surface area contributed by atoms with Crippen LogP contribution in [0.3, 0.4) is 0 Å². The van der Waals surface area contributed by atoms with Crippen LogP contribution < -0.4 is 10.5 Å². The first-order valence-electron chi connectivity index (χ1n) is 2.94. The molecule has 0 saturated carbocycles. The molecule has 0 spiro atoms. The minimum Gasteiger partial charge on any atom is -0.318 e. The second kappa shape index (κ2) is 4.06. The van der Waals surface area contributed by atoms with Gasteiger partial charge in [0.1, 0.15) is 0 Å². The molecule has 0 radical (unpaired) electrons. The summed E-state index contributed by atoms with van der Waals surface area (Å²) in [6, 6.07) is 0. The maximum absolute atomic E-state index is 10.9. The van der Waals surface area contributed by atoms with E-state index in [0.29, 0.717) is 0 Å². The Bertz CT molecular complexity index is 254. The summed E-state index contributed by atoms with van der Waals surface area (Å²) < 4.78 is 22.8. The van der Waals surface area contributed by atoms with Crippen molar-refractivity contribution in [3.63, 3.8) is 0 Å². The van der Waals surface area contributed by atoms with E-state index in [1.54, 1.807) is 4.72 Å². The van der Waals surface area contributed by atoms with Gasteiger partial charge in [0.2, 0.25) is 10.0 Å². The van der Waals surface area contributed by atoms with Crippen molar-refractivity contribution in [3.05, 3.63) is 0 Å². The van der Waals surface area contributed by atoms with E-state index in [1.807, 2.05) is 0 Å². The van der Waals surface area contributed by atoms with Gasteiger partial charge in [0.25, 0.3) is 5.91 Å². The number of rotatable bonds is 2. The Kier molecular flexibility index (Phi) is 4.81. The van der Waals surface area contributed by atoms with Crippen LogP contribution in [-0.4, -0.2) is 26.1 Å². The zero-order valence-corrected chi connectivity index (χ0v) is 8.75. The monoisotopic (exact) mass is 216 g/mol. The highest BCUT2D eigenvalue weighted by Crippen LogP contribution is 1.96. The second-order valence-electron chi connectivity index (χ2n) is 2.93. The summed E-state index contributed by atoms with van der Waals surface area (Å²) in [7, 11) is -3.49. The van der Waals surface area contributed by atoms with E-state index in [0.717, 1.165) is 6.26 Å². The molecule has 7 heteroatoms. The van der Waals surface area contributed by atoms with E-state index >= 15 is 0 Å². The molecule has 0 aromatic heterocycles. The summed E-state index contributed by atoms with van der Waals surface area (Å²) in [4.78, 5) is 10.9. The standard InChI is InChI=1S/C5H12N2O3S.ClH/c1-5(2,6)4(8)7-11(3,9)10;/h6H2,1-3H3,(H,7,8);1H. The third-order valence-electron chi connectivity index (χ3n) is 0.863. The Morgan fingerprint density at radius 3 is 1.83 bits per heavy atom. The molecule has 74 valence electrons. The number of hydrogen-bond acceptors (Lipinski definition) is 4. The lowest BCUT2D eigenvalue weighted by Crippen LogP contribution is -2.50. The van der Waals surface area contributed by atoms with Crippen LogP contribution in [-0.2, 0) is 14.8 Å². The zero-order chi connectivity index (χ0) is 9.28. The van der Waals surface area contributed by atoms with Crippen molar-refractivity contribution >= 4 is 28.3 Å². The lowest BCUT2D eigenvalue weighted by molar-refractivity contribution is -0.123. The Morgan fingerprint density at radius 2 is 1.75 bits per heavy atom. The number of carbonyl (C=O) groups excluding carboxylic acids is 1. The Balaban J connectivity index is 0. The van der Waals surface area contributed by atoms with Gasteiger partial charge < -0.3 is 5.73 Å². The van der Waals surface area contributed by atoms with Gasteiger partial charge in [-0.3, -0.25) is 9.52 Å². The van der Waals surface area contributed by atoms with Crippen LogP contribution in [0.25, 0.3) is 0 Å². The highest BCUT2D eigenvalue weighted by atomic mass is 35.5. The highest BCUT2D eigenvalue weighted by Gasteiger charge is 2.24. The van der Waals surface area contributed by atoms with Gasteiger partial charge in [0.05, 0.1) is 11.8 Å². The smallest absolute Gasteiger partial charge is 0.252 e. The summed E-state index contributed by atoms with van der Waals surface area (Å²) in [6.45, 7) is 2.85. The topological polar surface area (TPSA) is 89.3 Å². The van der Waals surface area contributed by atoms with E-state index in [-0.39, 0.29) is 12.4 Å². The molecule has 0 fully saturated rings. The van der Waals surface area contributed by atoms with Crippen molar-refractivity contribution < 1.29 is 13.2 Å². The third-order valence-corrected chi connectivity index (χ3v) is 1.42. The van der Waals surface area contributed by atoms with Crippen molar-refractivity contribution in [2.45, 2.75) is 19.4 Å². The number of sulfonamides is 1. The molecule has 0 aliphatic carbocycles. The molecular weight excluding hydrogens is 204 g/mol. The Labute approximate surface area is 78.2 Å². The van der Waals surface area contributed by atoms with Crippen LogP contribution in [0.4, 0.5) is 0 Å². The second-order valence-corrected chi connectivity index (χ2v) is 4.67. The fourth-order valence-electron chi connectivity index (χ4n) is 0.300. The van der Waals surface area contributed by atoms with E-state index in [2.05, 4.69) is 0 Å². The lowest BCUT2D eigenvalue weighted by Gasteiger charge is -2.16. The van der Waals surface area contributed by atoms with Gasteiger partial charge in [-0.2, -0.15) is 0 Å². The number of halogens is 1. The first-order valence-corrected chi connectivity index (χ1v) is 4.83. The summed E-state index contributed by atoms with van der Waals surface area (Å²) in [5, 5.41) is 0. The van der Waals surface area contributed by atoms with Crippen LogP contribution in [0.2, 0.25) is 0 Å². The predicted molar refractivity (Wildman–Crippen MR) is 48.5 cm³/mol. The molecule has 0 bridgehead atoms. The number of carbonyl (C=O) groups is 1. The molecule has 0 aromatic rings. The third kappa shape index (κ3) is 6.38. The molecular formula is C5H13ClN2O3S. The average Bonchev–Trinajstić information content (AvgIpc) is 1.56. The quantitative estimate of drug-likeness (QED) is 0.634. The zero-order valence-electron chi connectivity index (χ0n) is 7.12. The fourth-order valence-corrected chi connectivity index (χ4v) is 0.900. The van der Waals surface area contributed by atoms with Crippen LogP contribution in [0.1, 0.15) is 13.8 Å². The summed E-state index contributed by atoms with van der Waals surface area (Å²) in [5.41, 5.74) is 4.15. The van der Waals surface area contributed by atoms with Gasteiger partial charge in [-0.25, -0.2) is 8.42 Å². The van der Waals surface area contributed by atoms with Crippen molar-refractivity contribution in [2.24, 2.45) is 5.73 Å². The van der Waals surface area contributed by atoms with Crippen LogP contribution in [0.15, 0.2) is 0 Å². The van der Waals surface area contributed by atoms with Crippen molar-refractivity contribution in [2.75, 3.05) is 6.26 Å². The minimum atomic E-state index is -3.49. The highest BCUT2D eigenvalue weighted by molar-refractivity contribution is 7.89. The SMILES string of the molecule is CC(C)(N)C(=O)NS(C)(=O)=O.Cl. The Morgan fingerprint density at radius 1 is 1.42 bits per heavy atom. The first-order chi connectivity index (χ1) is 4.63. The maximum Gasteiger partial charge on any atom is 0.252 e. The molecule has 0 rings (SSSR count). The maximum atomic E-state index is 10.9. The fraction of sp³-hybridized carbons (Fsp3) is 0.800. The van der Waals surface area contributed by atoms with Gasteiger partial charge in [-0.1, -0.05) is 0 Å². The first kappa shape index (κ1) is 14.2. The molecule has 3 N–H and O–H groups in total. The van der Waals surface area contributed by atoms with Crippen LogP contribution in [0.5, 0.6) is 0 Å². The molecule has 0 atom stereocenters. The largest absolute Gasteiger partial charge is 0.318 e. The minimum absolute atomic E-state index is 0. The van der Waals surface area contributed by atoms with Gasteiger partial charge in [0, 0.05) is 0 Å². The number of nitrogens with one attached hydrogen (secondary N) is 1. The van der Waals surface area contributed by atoms with Gasteiger partial charge >= 0.3 is 0 Å². The van der Waals surface area contributed by atoms with E-state index in [1.165, 1.54) is 13.8 Å².